The molecule has 0 fully saturated rings. The van der Waals surface area contributed by atoms with E-state index in [1.54, 1.807) is 6.33 Å². The van der Waals surface area contributed by atoms with Crippen LogP contribution in [0.4, 0.5) is 11.5 Å². The van der Waals surface area contributed by atoms with Crippen LogP contribution in [0.5, 0.6) is 0 Å². The van der Waals surface area contributed by atoms with Gasteiger partial charge in [0, 0.05) is 35.2 Å². The molecule has 0 atom stereocenters. The van der Waals surface area contributed by atoms with Gasteiger partial charge in [0.25, 0.3) is 0 Å². The Bertz CT molecular complexity index is 612. The van der Waals surface area contributed by atoms with Gasteiger partial charge in [-0.15, -0.1) is 0 Å². The highest BCUT2D eigenvalue weighted by atomic mass is 79.9. The van der Waals surface area contributed by atoms with Crippen LogP contribution in [0, 0.1) is 6.92 Å². The fourth-order valence-corrected chi connectivity index (χ4v) is 2.60. The Morgan fingerprint density at radius 1 is 1.32 bits per heavy atom. The number of nitrogens with one attached hydrogen (secondary N) is 2. The molecule has 4 nitrogen and oxygen atoms in total. The number of nitrogens with zero attached hydrogens (tertiary/aromatic N) is 2. The number of hydrogen-bond acceptors (Lipinski definition) is 4. The number of aromatic nitrogens is 2. The molecule has 1 aliphatic heterocycles. The third-order valence-electron chi connectivity index (χ3n) is 3.33. The van der Waals surface area contributed by atoms with Gasteiger partial charge in [0.05, 0.1) is 5.69 Å². The standard InChI is InChI=1S/C14H15BrN4/c1-9-2-3-10(15)6-13(9)19-14-11-7-16-5-4-12(11)17-8-18-14/h2-3,6,8,16H,4-5,7H2,1H3,(H,17,18,19). The van der Waals surface area contributed by atoms with Gasteiger partial charge in [-0.2, -0.15) is 0 Å². The number of rotatable bonds is 2. The van der Waals surface area contributed by atoms with Gasteiger partial charge >= 0.3 is 0 Å². The Balaban J connectivity index is 1.97. The largest absolute Gasteiger partial charge is 0.340 e. The van der Waals surface area contributed by atoms with Gasteiger partial charge in [0.15, 0.2) is 0 Å². The molecule has 0 radical (unpaired) electrons. The minimum atomic E-state index is 0.825. The normalized spacial score (nSPS) is 14.0. The van der Waals surface area contributed by atoms with Crippen molar-refractivity contribution >= 4 is 27.4 Å². The molecule has 0 aliphatic carbocycles. The molecule has 2 heterocycles. The molecular formula is C14H15BrN4. The van der Waals surface area contributed by atoms with Crippen LogP contribution in [0.15, 0.2) is 29.0 Å². The molecule has 0 saturated carbocycles. The molecule has 0 unspecified atom stereocenters. The predicted molar refractivity (Wildman–Crippen MR) is 79.6 cm³/mol. The summed E-state index contributed by atoms with van der Waals surface area (Å²) in [5.74, 6) is 0.901. The van der Waals surface area contributed by atoms with Crippen molar-refractivity contribution in [1.29, 1.82) is 0 Å². The molecule has 5 heteroatoms. The average Bonchev–Trinajstić information content (AvgIpc) is 2.43. The monoisotopic (exact) mass is 318 g/mol. The summed E-state index contributed by atoms with van der Waals surface area (Å²) >= 11 is 3.50. The fraction of sp³-hybridized carbons (Fsp3) is 0.286. The van der Waals surface area contributed by atoms with E-state index < -0.39 is 0 Å². The summed E-state index contributed by atoms with van der Waals surface area (Å²) in [6.45, 7) is 3.89. The van der Waals surface area contributed by atoms with Crippen LogP contribution in [0.2, 0.25) is 0 Å². The topological polar surface area (TPSA) is 49.8 Å². The summed E-state index contributed by atoms with van der Waals surface area (Å²) in [4.78, 5) is 8.74. The van der Waals surface area contributed by atoms with Crippen LogP contribution in [-0.4, -0.2) is 16.5 Å². The van der Waals surface area contributed by atoms with Crippen molar-refractivity contribution in [2.24, 2.45) is 0 Å². The summed E-state index contributed by atoms with van der Waals surface area (Å²) in [5.41, 5.74) is 4.58. The number of hydrogen-bond donors (Lipinski definition) is 2. The molecular weight excluding hydrogens is 304 g/mol. The molecule has 1 aromatic heterocycles. The third-order valence-corrected chi connectivity index (χ3v) is 3.82. The summed E-state index contributed by atoms with van der Waals surface area (Å²) in [5, 5.41) is 6.78. The van der Waals surface area contributed by atoms with E-state index in [2.05, 4.69) is 55.6 Å². The Hall–Kier alpha value is -1.46. The molecule has 98 valence electrons. The van der Waals surface area contributed by atoms with Gasteiger partial charge in [-0.3, -0.25) is 0 Å². The van der Waals surface area contributed by atoms with E-state index in [1.165, 1.54) is 11.1 Å². The second kappa shape index (κ2) is 5.27. The summed E-state index contributed by atoms with van der Waals surface area (Å²) in [6, 6.07) is 6.19. The van der Waals surface area contributed by atoms with Gasteiger partial charge in [0.1, 0.15) is 12.1 Å². The molecule has 0 spiro atoms. The Morgan fingerprint density at radius 3 is 3.11 bits per heavy atom. The highest BCUT2D eigenvalue weighted by Crippen LogP contribution is 2.26. The molecule has 2 N–H and O–H groups in total. The molecule has 0 bridgehead atoms. The van der Waals surface area contributed by atoms with E-state index in [0.717, 1.165) is 41.2 Å². The maximum Gasteiger partial charge on any atom is 0.138 e. The van der Waals surface area contributed by atoms with Crippen molar-refractivity contribution in [3.8, 4) is 0 Å². The van der Waals surface area contributed by atoms with Gasteiger partial charge in [-0.05, 0) is 24.6 Å². The van der Waals surface area contributed by atoms with E-state index in [9.17, 15) is 0 Å². The lowest BCUT2D eigenvalue weighted by Crippen LogP contribution is -2.25. The van der Waals surface area contributed by atoms with Crippen LogP contribution in [0.25, 0.3) is 0 Å². The van der Waals surface area contributed by atoms with E-state index in [0.29, 0.717) is 0 Å². The van der Waals surface area contributed by atoms with Gasteiger partial charge in [0.2, 0.25) is 0 Å². The summed E-state index contributed by atoms with van der Waals surface area (Å²) in [6.07, 6.45) is 2.60. The Labute approximate surface area is 120 Å². The molecule has 1 aromatic carbocycles. The zero-order chi connectivity index (χ0) is 13.2. The second-order valence-electron chi connectivity index (χ2n) is 4.66. The average molecular weight is 319 g/mol. The van der Waals surface area contributed by atoms with E-state index >= 15 is 0 Å². The zero-order valence-electron chi connectivity index (χ0n) is 10.7. The number of halogens is 1. The SMILES string of the molecule is Cc1ccc(Br)cc1Nc1ncnc2c1CNCC2. The van der Waals surface area contributed by atoms with Gasteiger partial charge in [-0.1, -0.05) is 22.0 Å². The first-order valence-electron chi connectivity index (χ1n) is 6.30. The van der Waals surface area contributed by atoms with Crippen molar-refractivity contribution < 1.29 is 0 Å². The van der Waals surface area contributed by atoms with Crippen LogP contribution in [-0.2, 0) is 13.0 Å². The highest BCUT2D eigenvalue weighted by molar-refractivity contribution is 9.10. The van der Waals surface area contributed by atoms with Crippen molar-refractivity contribution in [3.63, 3.8) is 0 Å². The molecule has 3 rings (SSSR count). The molecule has 2 aromatic rings. The number of anilines is 2. The third kappa shape index (κ3) is 2.62. The first-order valence-corrected chi connectivity index (χ1v) is 7.10. The van der Waals surface area contributed by atoms with Gasteiger partial charge in [-0.25, -0.2) is 9.97 Å². The van der Waals surface area contributed by atoms with E-state index in [-0.39, 0.29) is 0 Å². The maximum absolute atomic E-state index is 4.38. The highest BCUT2D eigenvalue weighted by Gasteiger charge is 2.15. The Kier molecular flexibility index (Phi) is 3.48. The minimum Gasteiger partial charge on any atom is -0.340 e. The maximum atomic E-state index is 4.38. The first kappa shape index (κ1) is 12.6. The summed E-state index contributed by atoms with van der Waals surface area (Å²) in [7, 11) is 0. The molecule has 0 amide bonds. The minimum absolute atomic E-state index is 0.825. The lowest BCUT2D eigenvalue weighted by molar-refractivity contribution is 0.627. The number of benzene rings is 1. The van der Waals surface area contributed by atoms with E-state index in [4.69, 9.17) is 0 Å². The zero-order valence-corrected chi connectivity index (χ0v) is 12.3. The van der Waals surface area contributed by atoms with Crippen LogP contribution < -0.4 is 10.6 Å². The van der Waals surface area contributed by atoms with Crippen LogP contribution >= 0.6 is 15.9 Å². The van der Waals surface area contributed by atoms with Crippen LogP contribution in [0.3, 0.4) is 0 Å². The Morgan fingerprint density at radius 2 is 2.21 bits per heavy atom. The fourth-order valence-electron chi connectivity index (χ4n) is 2.23. The quantitative estimate of drug-likeness (QED) is 0.894. The number of aryl methyl sites for hydroxylation is 1. The van der Waals surface area contributed by atoms with Crippen molar-refractivity contribution in [3.05, 3.63) is 45.8 Å². The first-order chi connectivity index (χ1) is 9.24. The number of fused-ring (bicyclic) bond motifs is 1. The summed E-state index contributed by atoms with van der Waals surface area (Å²) < 4.78 is 1.06. The molecule has 1 aliphatic rings. The van der Waals surface area contributed by atoms with Crippen LogP contribution in [0.1, 0.15) is 16.8 Å². The second-order valence-corrected chi connectivity index (χ2v) is 5.57. The smallest absolute Gasteiger partial charge is 0.138 e. The van der Waals surface area contributed by atoms with Gasteiger partial charge < -0.3 is 10.6 Å². The predicted octanol–water partition coefficient (Wildman–Crippen LogP) is 2.94. The van der Waals surface area contributed by atoms with Crippen molar-refractivity contribution in [2.45, 2.75) is 19.9 Å². The lowest BCUT2D eigenvalue weighted by atomic mass is 10.1. The molecule has 19 heavy (non-hydrogen) atoms. The lowest BCUT2D eigenvalue weighted by Gasteiger charge is -2.19. The van der Waals surface area contributed by atoms with E-state index in [1.807, 2.05) is 6.07 Å². The molecule has 0 saturated heterocycles. The van der Waals surface area contributed by atoms with Crippen molar-refractivity contribution in [2.75, 3.05) is 11.9 Å². The van der Waals surface area contributed by atoms with Crippen molar-refractivity contribution in [1.82, 2.24) is 15.3 Å².